The zero-order chi connectivity index (χ0) is 13.5. The molecule has 0 aliphatic rings. The second-order valence-corrected chi connectivity index (χ2v) is 5.89. The standard InChI is InChI=1S/C16H11N3S/c1-10-18-14-8-11(6-7-16(14)20-10)15-9-17-12-4-2-3-5-13(12)19-15/h2-9H,1H3. The van der Waals surface area contributed by atoms with Gasteiger partial charge in [0.2, 0.25) is 0 Å². The highest BCUT2D eigenvalue weighted by Gasteiger charge is 2.06. The predicted octanol–water partition coefficient (Wildman–Crippen LogP) is 4.21. The van der Waals surface area contributed by atoms with Crippen LogP contribution in [-0.4, -0.2) is 15.0 Å². The summed E-state index contributed by atoms with van der Waals surface area (Å²) in [5.74, 6) is 0. The Morgan fingerprint density at radius 1 is 0.900 bits per heavy atom. The van der Waals surface area contributed by atoms with E-state index in [1.807, 2.05) is 37.4 Å². The number of rotatable bonds is 1. The molecule has 0 unspecified atom stereocenters. The van der Waals surface area contributed by atoms with Crippen molar-refractivity contribution in [1.82, 2.24) is 15.0 Å². The number of aromatic nitrogens is 3. The van der Waals surface area contributed by atoms with Crippen LogP contribution in [0.2, 0.25) is 0 Å². The molecule has 0 bridgehead atoms. The Bertz CT molecular complexity index is 927. The summed E-state index contributed by atoms with van der Waals surface area (Å²) in [6.07, 6.45) is 1.82. The fourth-order valence-electron chi connectivity index (χ4n) is 2.30. The zero-order valence-corrected chi connectivity index (χ0v) is 11.7. The van der Waals surface area contributed by atoms with E-state index in [1.165, 1.54) is 4.70 Å². The molecule has 0 saturated carbocycles. The molecule has 0 spiro atoms. The summed E-state index contributed by atoms with van der Waals surface area (Å²) in [6.45, 7) is 2.03. The Hall–Kier alpha value is -2.33. The maximum Gasteiger partial charge on any atom is 0.0907 e. The molecular formula is C16H11N3S. The smallest absolute Gasteiger partial charge is 0.0907 e. The lowest BCUT2D eigenvalue weighted by Crippen LogP contribution is -1.88. The van der Waals surface area contributed by atoms with E-state index in [9.17, 15) is 0 Å². The summed E-state index contributed by atoms with van der Waals surface area (Å²) in [7, 11) is 0. The van der Waals surface area contributed by atoms with Crippen LogP contribution in [0.4, 0.5) is 0 Å². The number of para-hydroxylation sites is 2. The normalized spacial score (nSPS) is 11.2. The van der Waals surface area contributed by atoms with E-state index in [-0.39, 0.29) is 0 Å². The van der Waals surface area contributed by atoms with E-state index in [4.69, 9.17) is 0 Å². The van der Waals surface area contributed by atoms with Crippen molar-refractivity contribution >= 4 is 32.6 Å². The third-order valence-corrected chi connectivity index (χ3v) is 4.19. The number of benzene rings is 2. The number of hydrogen-bond donors (Lipinski definition) is 0. The van der Waals surface area contributed by atoms with Gasteiger partial charge in [-0.15, -0.1) is 11.3 Å². The molecule has 2 heterocycles. The van der Waals surface area contributed by atoms with Crippen LogP contribution in [0, 0.1) is 6.92 Å². The molecule has 0 amide bonds. The molecule has 0 N–H and O–H groups in total. The molecule has 4 rings (SSSR count). The summed E-state index contributed by atoms with van der Waals surface area (Å²) in [5.41, 5.74) is 4.80. The van der Waals surface area contributed by atoms with Crippen molar-refractivity contribution in [2.45, 2.75) is 6.92 Å². The van der Waals surface area contributed by atoms with Crippen molar-refractivity contribution in [1.29, 1.82) is 0 Å². The molecule has 3 nitrogen and oxygen atoms in total. The first-order valence-electron chi connectivity index (χ1n) is 6.39. The monoisotopic (exact) mass is 277 g/mol. The van der Waals surface area contributed by atoms with Gasteiger partial charge in [-0.3, -0.25) is 4.98 Å². The molecule has 4 heteroatoms. The molecule has 0 fully saturated rings. The number of nitrogens with zero attached hydrogens (tertiary/aromatic N) is 3. The topological polar surface area (TPSA) is 38.7 Å². The summed E-state index contributed by atoms with van der Waals surface area (Å²) in [6, 6.07) is 14.2. The summed E-state index contributed by atoms with van der Waals surface area (Å²) >= 11 is 1.71. The SMILES string of the molecule is Cc1nc2cc(-c3cnc4ccccc4n3)ccc2s1. The van der Waals surface area contributed by atoms with Gasteiger partial charge < -0.3 is 0 Å². The van der Waals surface area contributed by atoms with Crippen molar-refractivity contribution in [2.24, 2.45) is 0 Å². The molecule has 20 heavy (non-hydrogen) atoms. The predicted molar refractivity (Wildman–Crippen MR) is 82.9 cm³/mol. The maximum absolute atomic E-state index is 4.67. The van der Waals surface area contributed by atoms with E-state index in [1.54, 1.807) is 11.3 Å². The van der Waals surface area contributed by atoms with Gasteiger partial charge in [0.25, 0.3) is 0 Å². The minimum atomic E-state index is 0.885. The lowest BCUT2D eigenvalue weighted by Gasteiger charge is -2.02. The highest BCUT2D eigenvalue weighted by atomic mass is 32.1. The molecule has 96 valence electrons. The first-order valence-corrected chi connectivity index (χ1v) is 7.21. The molecule has 0 aliphatic heterocycles. The van der Waals surface area contributed by atoms with Gasteiger partial charge in [0.15, 0.2) is 0 Å². The van der Waals surface area contributed by atoms with Crippen LogP contribution < -0.4 is 0 Å². The van der Waals surface area contributed by atoms with E-state index >= 15 is 0 Å². The highest BCUT2D eigenvalue weighted by Crippen LogP contribution is 2.27. The van der Waals surface area contributed by atoms with Gasteiger partial charge in [-0.2, -0.15) is 0 Å². The quantitative estimate of drug-likeness (QED) is 0.523. The third-order valence-electron chi connectivity index (χ3n) is 3.24. The van der Waals surface area contributed by atoms with Crippen molar-refractivity contribution in [3.8, 4) is 11.3 Å². The van der Waals surface area contributed by atoms with Crippen molar-refractivity contribution in [2.75, 3.05) is 0 Å². The Labute approximate surface area is 120 Å². The van der Waals surface area contributed by atoms with Gasteiger partial charge in [-0.05, 0) is 31.2 Å². The second-order valence-electron chi connectivity index (χ2n) is 4.66. The van der Waals surface area contributed by atoms with Crippen molar-refractivity contribution < 1.29 is 0 Å². The van der Waals surface area contributed by atoms with Gasteiger partial charge in [-0.25, -0.2) is 9.97 Å². The second kappa shape index (κ2) is 4.35. The first-order chi connectivity index (χ1) is 9.79. The van der Waals surface area contributed by atoms with Gasteiger partial charge >= 0.3 is 0 Å². The average Bonchev–Trinajstić information content (AvgIpc) is 2.85. The number of thiazole rings is 1. The van der Waals surface area contributed by atoms with Gasteiger partial charge in [0.1, 0.15) is 0 Å². The molecule has 4 aromatic rings. The lowest BCUT2D eigenvalue weighted by atomic mass is 10.1. The van der Waals surface area contributed by atoms with Crippen LogP contribution in [0.15, 0.2) is 48.7 Å². The van der Waals surface area contributed by atoms with Crippen LogP contribution in [0.25, 0.3) is 32.5 Å². The summed E-state index contributed by atoms with van der Waals surface area (Å²) in [4.78, 5) is 13.7. The zero-order valence-electron chi connectivity index (χ0n) is 10.9. The molecule has 0 radical (unpaired) electrons. The lowest BCUT2D eigenvalue weighted by molar-refractivity contribution is 1.29. The van der Waals surface area contributed by atoms with E-state index in [0.29, 0.717) is 0 Å². The number of hydrogen-bond acceptors (Lipinski definition) is 4. The number of fused-ring (bicyclic) bond motifs is 2. The van der Waals surface area contributed by atoms with Gasteiger partial charge in [-0.1, -0.05) is 18.2 Å². The highest BCUT2D eigenvalue weighted by molar-refractivity contribution is 7.18. The fourth-order valence-corrected chi connectivity index (χ4v) is 3.11. The van der Waals surface area contributed by atoms with Crippen molar-refractivity contribution in [3.63, 3.8) is 0 Å². The largest absolute Gasteiger partial charge is 0.252 e. The first kappa shape index (κ1) is 11.5. The Kier molecular flexibility index (Phi) is 2.50. The third kappa shape index (κ3) is 1.85. The summed E-state index contributed by atoms with van der Waals surface area (Å²) < 4.78 is 1.21. The molecule has 0 aliphatic carbocycles. The molecule has 2 aromatic carbocycles. The molecule has 0 atom stereocenters. The Morgan fingerprint density at radius 3 is 2.65 bits per heavy atom. The summed E-state index contributed by atoms with van der Waals surface area (Å²) in [5, 5.41) is 1.08. The van der Waals surface area contributed by atoms with Gasteiger partial charge in [0.05, 0.1) is 38.1 Å². The van der Waals surface area contributed by atoms with E-state index in [2.05, 4.69) is 33.2 Å². The van der Waals surface area contributed by atoms with Crippen LogP contribution in [0.3, 0.4) is 0 Å². The Morgan fingerprint density at radius 2 is 1.75 bits per heavy atom. The van der Waals surface area contributed by atoms with E-state index < -0.39 is 0 Å². The van der Waals surface area contributed by atoms with E-state index in [0.717, 1.165) is 32.8 Å². The van der Waals surface area contributed by atoms with Crippen LogP contribution in [-0.2, 0) is 0 Å². The van der Waals surface area contributed by atoms with Crippen molar-refractivity contribution in [3.05, 3.63) is 53.7 Å². The minimum Gasteiger partial charge on any atom is -0.252 e. The molecular weight excluding hydrogens is 266 g/mol. The van der Waals surface area contributed by atoms with Gasteiger partial charge in [0, 0.05) is 5.56 Å². The molecule has 0 saturated heterocycles. The maximum atomic E-state index is 4.67. The molecule has 2 aromatic heterocycles. The fraction of sp³-hybridized carbons (Fsp3) is 0.0625. The number of aryl methyl sites for hydroxylation is 1. The Balaban J connectivity index is 1.90. The minimum absolute atomic E-state index is 0.885. The average molecular weight is 277 g/mol. The van der Waals surface area contributed by atoms with Crippen LogP contribution in [0.5, 0.6) is 0 Å². The van der Waals surface area contributed by atoms with Crippen LogP contribution >= 0.6 is 11.3 Å². The van der Waals surface area contributed by atoms with Crippen LogP contribution in [0.1, 0.15) is 5.01 Å².